The maximum absolute atomic E-state index is 10.9. The Bertz CT molecular complexity index is 469. The van der Waals surface area contributed by atoms with Gasteiger partial charge in [0.25, 0.3) is 0 Å². The van der Waals surface area contributed by atoms with Crippen LogP contribution in [0.15, 0.2) is 6.20 Å². The fourth-order valence-corrected chi connectivity index (χ4v) is 2.93. The first-order chi connectivity index (χ1) is 11.5. The van der Waals surface area contributed by atoms with Gasteiger partial charge in [0.1, 0.15) is 12.4 Å². The highest BCUT2D eigenvalue weighted by atomic mass is 16.4. The van der Waals surface area contributed by atoms with E-state index >= 15 is 0 Å². The Kier molecular flexibility index (Phi) is 10.4. The molecule has 0 aliphatic carbocycles. The normalized spacial score (nSPS) is 12.5. The summed E-state index contributed by atoms with van der Waals surface area (Å²) < 4.78 is 1.65. The molecule has 0 spiro atoms. The van der Waals surface area contributed by atoms with Crippen LogP contribution in [0.2, 0.25) is 0 Å². The lowest BCUT2D eigenvalue weighted by atomic mass is 10.1. The fourth-order valence-electron chi connectivity index (χ4n) is 2.93. The predicted molar refractivity (Wildman–Crippen MR) is 96.0 cm³/mol. The third kappa shape index (κ3) is 8.48. The number of carboxylic acid groups (broad SMARTS) is 1. The summed E-state index contributed by atoms with van der Waals surface area (Å²) in [5.74, 6) is -0.110. The molecule has 0 saturated heterocycles. The molecule has 1 aromatic rings. The molecule has 0 aliphatic rings. The molecule has 2 N–H and O–H groups in total. The number of rotatable bonds is 14. The van der Waals surface area contributed by atoms with Gasteiger partial charge in [-0.25, -0.2) is 4.98 Å². The number of hydrogen-bond donors (Lipinski definition) is 2. The summed E-state index contributed by atoms with van der Waals surface area (Å²) in [6.45, 7) is 3.80. The molecule has 0 radical (unpaired) electrons. The van der Waals surface area contributed by atoms with Gasteiger partial charge in [0, 0.05) is 12.6 Å². The first-order valence-corrected chi connectivity index (χ1v) is 9.50. The number of hydrogen-bond acceptors (Lipinski definition) is 3. The molecule has 0 bridgehead atoms. The Morgan fingerprint density at radius 1 is 1.08 bits per heavy atom. The van der Waals surface area contributed by atoms with Crippen LogP contribution in [0.4, 0.5) is 0 Å². The summed E-state index contributed by atoms with van der Waals surface area (Å²) in [6, 6.07) is 0. The molecule has 1 heterocycles. The SMILES string of the molecule is CCCCCCCCCCCCc1nc(C(C)O)cn1CC(=O)O. The number of imidazole rings is 1. The lowest BCUT2D eigenvalue weighted by Crippen LogP contribution is -2.11. The second kappa shape index (κ2) is 12.1. The summed E-state index contributed by atoms with van der Waals surface area (Å²) in [4.78, 5) is 15.3. The van der Waals surface area contributed by atoms with Crippen LogP contribution in [-0.4, -0.2) is 25.7 Å². The van der Waals surface area contributed by atoms with Gasteiger partial charge >= 0.3 is 5.97 Å². The van der Waals surface area contributed by atoms with Gasteiger partial charge < -0.3 is 14.8 Å². The summed E-state index contributed by atoms with van der Waals surface area (Å²) in [6.07, 6.45) is 14.5. The van der Waals surface area contributed by atoms with Crippen LogP contribution < -0.4 is 0 Å². The summed E-state index contributed by atoms with van der Waals surface area (Å²) in [5.41, 5.74) is 0.554. The second-order valence-corrected chi connectivity index (χ2v) is 6.71. The molecule has 5 heteroatoms. The van der Waals surface area contributed by atoms with Gasteiger partial charge in [0.2, 0.25) is 0 Å². The average Bonchev–Trinajstić information content (AvgIpc) is 2.91. The van der Waals surface area contributed by atoms with Crippen molar-refractivity contribution < 1.29 is 15.0 Å². The van der Waals surface area contributed by atoms with E-state index in [9.17, 15) is 9.90 Å². The van der Waals surface area contributed by atoms with Crippen LogP contribution in [0.1, 0.15) is 95.7 Å². The number of nitrogens with zero attached hydrogens (tertiary/aromatic N) is 2. The molecule has 1 rings (SSSR count). The van der Waals surface area contributed by atoms with Crippen LogP contribution in [0, 0.1) is 0 Å². The van der Waals surface area contributed by atoms with Crippen molar-refractivity contribution in [2.45, 2.75) is 97.1 Å². The zero-order valence-corrected chi connectivity index (χ0v) is 15.3. The quantitative estimate of drug-likeness (QED) is 0.490. The number of carbonyl (C=O) groups is 1. The molecule has 0 amide bonds. The first kappa shape index (κ1) is 20.7. The molecule has 1 aromatic heterocycles. The number of aliphatic carboxylic acids is 1. The van der Waals surface area contributed by atoms with Gasteiger partial charge in [0.05, 0.1) is 11.8 Å². The van der Waals surface area contributed by atoms with E-state index in [1.807, 2.05) is 0 Å². The minimum atomic E-state index is -0.881. The molecule has 5 nitrogen and oxygen atoms in total. The summed E-state index contributed by atoms with van der Waals surface area (Å²) >= 11 is 0. The second-order valence-electron chi connectivity index (χ2n) is 6.71. The standard InChI is InChI=1S/C19H34N2O3/c1-3-4-5-6-7-8-9-10-11-12-13-18-20-17(16(2)22)14-21(18)15-19(23)24/h14,16,22H,3-13,15H2,1-2H3,(H,23,24). The Morgan fingerprint density at radius 2 is 1.62 bits per heavy atom. The van der Waals surface area contributed by atoms with Crippen molar-refractivity contribution in [3.8, 4) is 0 Å². The van der Waals surface area contributed by atoms with Crippen LogP contribution in [0.25, 0.3) is 0 Å². The average molecular weight is 338 g/mol. The molecule has 0 aromatic carbocycles. The molecule has 1 unspecified atom stereocenters. The largest absolute Gasteiger partial charge is 0.480 e. The van der Waals surface area contributed by atoms with Crippen molar-refractivity contribution in [2.75, 3.05) is 0 Å². The summed E-state index contributed by atoms with van der Waals surface area (Å²) in [7, 11) is 0. The third-order valence-electron chi connectivity index (χ3n) is 4.37. The highest BCUT2D eigenvalue weighted by Gasteiger charge is 2.13. The van der Waals surface area contributed by atoms with Crippen molar-refractivity contribution >= 4 is 5.97 Å². The van der Waals surface area contributed by atoms with E-state index in [1.54, 1.807) is 17.7 Å². The van der Waals surface area contributed by atoms with Crippen LogP contribution >= 0.6 is 0 Å². The lowest BCUT2D eigenvalue weighted by molar-refractivity contribution is -0.137. The highest BCUT2D eigenvalue weighted by Crippen LogP contribution is 2.15. The van der Waals surface area contributed by atoms with E-state index < -0.39 is 12.1 Å². The molecule has 138 valence electrons. The number of aryl methyl sites for hydroxylation is 1. The van der Waals surface area contributed by atoms with Crippen molar-refractivity contribution in [2.24, 2.45) is 0 Å². The van der Waals surface area contributed by atoms with E-state index in [1.165, 1.54) is 51.4 Å². The van der Waals surface area contributed by atoms with Gasteiger partial charge in [0.15, 0.2) is 0 Å². The zero-order valence-electron chi connectivity index (χ0n) is 15.3. The Hall–Kier alpha value is -1.36. The number of unbranched alkanes of at least 4 members (excludes halogenated alkanes) is 9. The summed E-state index contributed by atoms with van der Waals surface area (Å²) in [5, 5.41) is 18.6. The lowest BCUT2D eigenvalue weighted by Gasteiger charge is -2.05. The predicted octanol–water partition coefficient (Wildman–Crippen LogP) is 4.48. The number of aromatic nitrogens is 2. The van der Waals surface area contributed by atoms with Gasteiger partial charge in [-0.3, -0.25) is 4.79 Å². The molecular formula is C19H34N2O3. The topological polar surface area (TPSA) is 75.4 Å². The molecule has 1 atom stereocenters. The smallest absolute Gasteiger partial charge is 0.323 e. The Balaban J connectivity index is 2.23. The number of aliphatic hydroxyl groups is 1. The third-order valence-corrected chi connectivity index (χ3v) is 4.37. The van der Waals surface area contributed by atoms with Crippen LogP contribution in [-0.2, 0) is 17.8 Å². The van der Waals surface area contributed by atoms with Crippen LogP contribution in [0.5, 0.6) is 0 Å². The maximum atomic E-state index is 10.9. The number of aliphatic hydroxyl groups excluding tert-OH is 1. The Labute approximate surface area is 146 Å². The van der Waals surface area contributed by atoms with Gasteiger partial charge in [-0.2, -0.15) is 0 Å². The Morgan fingerprint density at radius 3 is 2.12 bits per heavy atom. The van der Waals surface area contributed by atoms with E-state index in [2.05, 4.69) is 11.9 Å². The molecular weight excluding hydrogens is 304 g/mol. The fraction of sp³-hybridized carbons (Fsp3) is 0.789. The minimum absolute atomic E-state index is 0.0905. The van der Waals surface area contributed by atoms with E-state index in [0.29, 0.717) is 5.69 Å². The van der Waals surface area contributed by atoms with Crippen LogP contribution in [0.3, 0.4) is 0 Å². The molecule has 0 saturated carbocycles. The van der Waals surface area contributed by atoms with Gasteiger partial charge in [-0.05, 0) is 13.3 Å². The highest BCUT2D eigenvalue weighted by molar-refractivity contribution is 5.66. The van der Waals surface area contributed by atoms with Crippen molar-refractivity contribution in [3.05, 3.63) is 17.7 Å². The molecule has 0 aliphatic heterocycles. The van der Waals surface area contributed by atoms with Crippen molar-refractivity contribution in [1.29, 1.82) is 0 Å². The van der Waals surface area contributed by atoms with E-state index in [-0.39, 0.29) is 6.54 Å². The van der Waals surface area contributed by atoms with Crippen molar-refractivity contribution in [1.82, 2.24) is 9.55 Å². The number of carboxylic acids is 1. The van der Waals surface area contributed by atoms with E-state index in [4.69, 9.17) is 5.11 Å². The van der Waals surface area contributed by atoms with Crippen molar-refractivity contribution in [3.63, 3.8) is 0 Å². The van der Waals surface area contributed by atoms with Gasteiger partial charge in [-0.15, -0.1) is 0 Å². The first-order valence-electron chi connectivity index (χ1n) is 9.50. The van der Waals surface area contributed by atoms with Gasteiger partial charge in [-0.1, -0.05) is 64.7 Å². The van der Waals surface area contributed by atoms with E-state index in [0.717, 1.165) is 25.1 Å². The zero-order chi connectivity index (χ0) is 17.8. The monoisotopic (exact) mass is 338 g/mol. The molecule has 0 fully saturated rings. The minimum Gasteiger partial charge on any atom is -0.480 e. The maximum Gasteiger partial charge on any atom is 0.323 e. The molecule has 24 heavy (non-hydrogen) atoms.